The monoisotopic (exact) mass is 236 g/mol. The summed E-state index contributed by atoms with van der Waals surface area (Å²) in [5.41, 5.74) is 1.71. The van der Waals surface area contributed by atoms with Crippen molar-refractivity contribution >= 4 is 9.84 Å². The average Bonchev–Trinajstić information content (AvgIpc) is 2.70. The van der Waals surface area contributed by atoms with Crippen molar-refractivity contribution < 1.29 is 8.42 Å². The Morgan fingerprint density at radius 1 is 1.25 bits per heavy atom. The van der Waals surface area contributed by atoms with Crippen LogP contribution in [0, 0.1) is 6.92 Å². The van der Waals surface area contributed by atoms with Crippen molar-refractivity contribution in [2.75, 3.05) is 0 Å². The van der Waals surface area contributed by atoms with E-state index in [1.54, 1.807) is 30.5 Å². The normalized spacial score (nSPS) is 11.6. The molecule has 0 aliphatic carbocycles. The molecule has 0 saturated carbocycles. The molecule has 0 unspecified atom stereocenters. The molecule has 1 aromatic carbocycles. The molecule has 2 rings (SSSR count). The topological polar surface area (TPSA) is 62.8 Å². The number of hydrogen-bond acceptors (Lipinski definition) is 3. The Morgan fingerprint density at radius 2 is 1.94 bits per heavy atom. The molecule has 1 aromatic heterocycles. The number of nitrogens with zero attached hydrogens (tertiary/aromatic N) is 1. The minimum absolute atomic E-state index is 0.0213. The molecule has 5 heteroatoms. The minimum atomic E-state index is -3.26. The summed E-state index contributed by atoms with van der Waals surface area (Å²) in [6.07, 6.45) is 3.11. The van der Waals surface area contributed by atoms with Gasteiger partial charge in [-0.3, -0.25) is 5.10 Å². The van der Waals surface area contributed by atoms with Gasteiger partial charge in [-0.25, -0.2) is 8.42 Å². The van der Waals surface area contributed by atoms with Crippen LogP contribution in [0.25, 0.3) is 0 Å². The number of aromatic amines is 1. The number of H-pyrrole nitrogens is 1. The Morgan fingerprint density at radius 3 is 2.50 bits per heavy atom. The van der Waals surface area contributed by atoms with Gasteiger partial charge < -0.3 is 0 Å². The maximum Gasteiger partial charge on any atom is 0.182 e. The lowest BCUT2D eigenvalue weighted by Gasteiger charge is -2.02. The van der Waals surface area contributed by atoms with Crippen LogP contribution >= 0.6 is 0 Å². The van der Waals surface area contributed by atoms with Gasteiger partial charge in [-0.05, 0) is 19.1 Å². The van der Waals surface area contributed by atoms with E-state index in [4.69, 9.17) is 0 Å². The number of aryl methyl sites for hydroxylation is 1. The molecule has 0 saturated heterocycles. The SMILES string of the molecule is Cc1ccc(S(=O)(=O)Cc2cn[nH]c2)cc1. The molecule has 2 aromatic rings. The maximum absolute atomic E-state index is 12.0. The zero-order valence-corrected chi connectivity index (χ0v) is 9.66. The van der Waals surface area contributed by atoms with E-state index in [1.807, 2.05) is 6.92 Å². The Bertz CT molecular complexity index is 557. The standard InChI is InChI=1S/C11H12N2O2S/c1-9-2-4-11(5-3-9)16(14,15)8-10-6-12-13-7-10/h2-7H,8H2,1H3,(H,12,13). The van der Waals surface area contributed by atoms with Crippen molar-refractivity contribution in [2.45, 2.75) is 17.6 Å². The molecule has 1 N–H and O–H groups in total. The largest absolute Gasteiger partial charge is 0.285 e. The van der Waals surface area contributed by atoms with Crippen molar-refractivity contribution in [1.29, 1.82) is 0 Å². The van der Waals surface area contributed by atoms with Gasteiger partial charge in [-0.1, -0.05) is 17.7 Å². The zero-order chi connectivity index (χ0) is 11.6. The summed E-state index contributed by atoms with van der Waals surface area (Å²) >= 11 is 0. The van der Waals surface area contributed by atoms with E-state index in [0.717, 1.165) is 5.56 Å². The third kappa shape index (κ3) is 2.30. The van der Waals surface area contributed by atoms with Crippen LogP contribution in [0.5, 0.6) is 0 Å². The first kappa shape index (κ1) is 10.9. The Kier molecular flexibility index (Phi) is 2.78. The van der Waals surface area contributed by atoms with Crippen LogP contribution in [0.15, 0.2) is 41.6 Å². The van der Waals surface area contributed by atoms with E-state index in [1.165, 1.54) is 6.20 Å². The number of hydrogen-bond donors (Lipinski definition) is 1. The van der Waals surface area contributed by atoms with Crippen molar-refractivity contribution in [3.63, 3.8) is 0 Å². The van der Waals surface area contributed by atoms with Crippen LogP contribution < -0.4 is 0 Å². The van der Waals surface area contributed by atoms with Crippen molar-refractivity contribution in [3.05, 3.63) is 47.8 Å². The number of sulfone groups is 1. The first-order valence-corrected chi connectivity index (χ1v) is 6.50. The van der Waals surface area contributed by atoms with Crippen LogP contribution in [0.1, 0.15) is 11.1 Å². The quantitative estimate of drug-likeness (QED) is 0.882. The first-order chi connectivity index (χ1) is 7.58. The van der Waals surface area contributed by atoms with Gasteiger partial charge in [0.05, 0.1) is 16.8 Å². The molecule has 84 valence electrons. The lowest BCUT2D eigenvalue weighted by molar-refractivity contribution is 0.595. The van der Waals surface area contributed by atoms with E-state index in [0.29, 0.717) is 10.5 Å². The molecule has 0 amide bonds. The van der Waals surface area contributed by atoms with Crippen LogP contribution in [0.2, 0.25) is 0 Å². The summed E-state index contributed by atoms with van der Waals surface area (Å²) in [6, 6.07) is 6.85. The number of rotatable bonds is 3. The van der Waals surface area contributed by atoms with Crippen LogP contribution in [-0.4, -0.2) is 18.6 Å². The highest BCUT2D eigenvalue weighted by Crippen LogP contribution is 2.16. The van der Waals surface area contributed by atoms with E-state index in [9.17, 15) is 8.42 Å². The van der Waals surface area contributed by atoms with Crippen LogP contribution in [-0.2, 0) is 15.6 Å². The van der Waals surface area contributed by atoms with Crippen LogP contribution in [0.3, 0.4) is 0 Å². The van der Waals surface area contributed by atoms with Gasteiger partial charge >= 0.3 is 0 Å². The molecule has 0 radical (unpaired) electrons. The van der Waals surface area contributed by atoms with Gasteiger partial charge in [0.2, 0.25) is 0 Å². The van der Waals surface area contributed by atoms with Crippen LogP contribution in [0.4, 0.5) is 0 Å². The fourth-order valence-electron chi connectivity index (χ4n) is 1.40. The summed E-state index contributed by atoms with van der Waals surface area (Å²) < 4.78 is 23.9. The summed E-state index contributed by atoms with van der Waals surface area (Å²) in [5, 5.41) is 6.32. The number of nitrogens with one attached hydrogen (secondary N) is 1. The Hall–Kier alpha value is -1.62. The van der Waals surface area contributed by atoms with Crippen molar-refractivity contribution in [2.24, 2.45) is 0 Å². The minimum Gasteiger partial charge on any atom is -0.285 e. The molecule has 0 fully saturated rings. The third-order valence-electron chi connectivity index (χ3n) is 2.29. The lowest BCUT2D eigenvalue weighted by atomic mass is 10.2. The molecule has 0 spiro atoms. The smallest absolute Gasteiger partial charge is 0.182 e. The molecule has 0 aliphatic rings. The summed E-state index contributed by atoms with van der Waals surface area (Å²) in [7, 11) is -3.26. The second kappa shape index (κ2) is 4.09. The van der Waals surface area contributed by atoms with Gasteiger partial charge in [0, 0.05) is 11.8 Å². The zero-order valence-electron chi connectivity index (χ0n) is 8.84. The maximum atomic E-state index is 12.0. The second-order valence-corrected chi connectivity index (χ2v) is 5.67. The predicted octanol–water partition coefficient (Wildman–Crippen LogP) is 1.69. The molecule has 4 nitrogen and oxygen atoms in total. The van der Waals surface area contributed by atoms with Gasteiger partial charge in [0.25, 0.3) is 0 Å². The van der Waals surface area contributed by atoms with Crippen molar-refractivity contribution in [1.82, 2.24) is 10.2 Å². The highest BCUT2D eigenvalue weighted by molar-refractivity contribution is 7.90. The molecular formula is C11H12N2O2S. The van der Waals surface area contributed by atoms with Gasteiger partial charge in [-0.2, -0.15) is 5.10 Å². The van der Waals surface area contributed by atoms with E-state index in [2.05, 4.69) is 10.2 Å². The molecule has 0 aliphatic heterocycles. The van der Waals surface area contributed by atoms with Gasteiger partial charge in [0.15, 0.2) is 9.84 Å². The van der Waals surface area contributed by atoms with Crippen molar-refractivity contribution in [3.8, 4) is 0 Å². The summed E-state index contributed by atoms with van der Waals surface area (Å²) in [6.45, 7) is 1.92. The third-order valence-corrected chi connectivity index (χ3v) is 4.00. The van der Waals surface area contributed by atoms with E-state index < -0.39 is 9.84 Å². The fourth-order valence-corrected chi connectivity index (χ4v) is 2.72. The number of aromatic nitrogens is 2. The van der Waals surface area contributed by atoms with Gasteiger partial charge in [0.1, 0.15) is 0 Å². The average molecular weight is 236 g/mol. The molecule has 1 heterocycles. The van der Waals surface area contributed by atoms with E-state index in [-0.39, 0.29) is 5.75 Å². The lowest BCUT2D eigenvalue weighted by Crippen LogP contribution is -2.04. The van der Waals surface area contributed by atoms with Gasteiger partial charge in [-0.15, -0.1) is 0 Å². The first-order valence-electron chi connectivity index (χ1n) is 4.85. The Balaban J connectivity index is 2.29. The van der Waals surface area contributed by atoms with E-state index >= 15 is 0 Å². The molecule has 0 atom stereocenters. The summed E-state index contributed by atoms with van der Waals surface area (Å²) in [5.74, 6) is -0.0213. The summed E-state index contributed by atoms with van der Waals surface area (Å²) in [4.78, 5) is 0.347. The molecule has 16 heavy (non-hydrogen) atoms. The second-order valence-electron chi connectivity index (χ2n) is 3.68. The fraction of sp³-hybridized carbons (Fsp3) is 0.182. The predicted molar refractivity (Wildman–Crippen MR) is 60.7 cm³/mol. The highest BCUT2D eigenvalue weighted by atomic mass is 32.2. The number of benzene rings is 1. The molecule has 0 bridgehead atoms. The highest BCUT2D eigenvalue weighted by Gasteiger charge is 2.15. The Labute approximate surface area is 94.2 Å². The molecular weight excluding hydrogens is 224 g/mol.